The number of nitrogens with two attached hydrogens (primary N) is 1. The molecule has 0 saturated carbocycles. The number of nitrogens with one attached hydrogen (secondary N) is 1. The summed E-state index contributed by atoms with van der Waals surface area (Å²) >= 11 is -0.637. The van der Waals surface area contributed by atoms with Crippen molar-refractivity contribution in [3.05, 3.63) is 11.0 Å². The molecule has 0 aliphatic carbocycles. The molecule has 31 heavy (non-hydrogen) atoms. The number of rotatable bonds is 11. The maximum absolute atomic E-state index is 14.0. The number of aliphatic carboxylic acids is 1. The number of allylic oxidation sites excluding steroid dienone is 1. The molecule has 0 radical (unpaired) electrons. The number of aliphatic hydroxyl groups excluding tert-OH is 1. The number of carbonyl (C=O) groups excluding carboxylic acids is 1. The quantitative estimate of drug-likeness (QED) is 0.323. The molecule has 1 amide bonds. The Labute approximate surface area is 169 Å². The third-order valence-corrected chi connectivity index (χ3v) is 4.55. The summed E-state index contributed by atoms with van der Waals surface area (Å²) in [6.07, 6.45) is -7.61. The molecule has 0 heterocycles. The number of carboxylic acid groups (broad SMARTS) is 1. The Hall–Kier alpha value is -1.82. The van der Waals surface area contributed by atoms with Crippen LogP contribution in [-0.4, -0.2) is 76.9 Å². The van der Waals surface area contributed by atoms with E-state index in [1.54, 1.807) is 5.32 Å². The van der Waals surface area contributed by atoms with Crippen molar-refractivity contribution in [3.8, 4) is 0 Å². The normalized spacial score (nSPS) is 15.6. The molecule has 0 aromatic carbocycles. The van der Waals surface area contributed by atoms with Crippen molar-refractivity contribution in [2.75, 3.05) is 18.9 Å². The first-order valence-electron chi connectivity index (χ1n) is 7.45. The SMILES string of the molecule is N[C@@H](CS/C(=C/CO)C(F)(F)C(F)(F)C(F)(F)C(F)(F)C(F)(F)F)C(=O)NCC(=O)O. The number of alkyl halides is 11. The van der Waals surface area contributed by atoms with E-state index in [2.05, 4.69) is 0 Å². The summed E-state index contributed by atoms with van der Waals surface area (Å²) in [5, 5.41) is 18.6. The summed E-state index contributed by atoms with van der Waals surface area (Å²) in [6.45, 7) is -2.58. The standard InChI is InChI=1S/C13H13F11N2O4S/c14-9(15,10(16,17)11(18,19)12(20,21)13(22,23)24)6(1-2-27)31-4-5(25)8(30)26-3-7(28)29/h1,5,27H,2-4,25H2,(H,26,30)(H,28,29)/b6-1+/t5-/m0/s1. The lowest BCUT2D eigenvalue weighted by atomic mass is 9.97. The number of halogens is 11. The molecule has 1 atom stereocenters. The van der Waals surface area contributed by atoms with E-state index >= 15 is 0 Å². The Bertz CT molecular complexity index is 697. The van der Waals surface area contributed by atoms with Gasteiger partial charge >= 0.3 is 35.8 Å². The first-order chi connectivity index (χ1) is 13.7. The molecular formula is C13H13F11N2O4S. The van der Waals surface area contributed by atoms with E-state index in [4.69, 9.17) is 15.9 Å². The Morgan fingerprint density at radius 3 is 1.81 bits per heavy atom. The number of hydrogen-bond acceptors (Lipinski definition) is 5. The Kier molecular flexibility index (Phi) is 9.19. The smallest absolute Gasteiger partial charge is 0.460 e. The van der Waals surface area contributed by atoms with Crippen LogP contribution in [0.4, 0.5) is 48.3 Å². The first-order valence-corrected chi connectivity index (χ1v) is 8.44. The zero-order valence-corrected chi connectivity index (χ0v) is 15.4. The van der Waals surface area contributed by atoms with Gasteiger partial charge in [0.2, 0.25) is 5.91 Å². The predicted octanol–water partition coefficient (Wildman–Crippen LogP) is 2.23. The molecule has 0 bridgehead atoms. The molecule has 0 rings (SSSR count). The third-order valence-electron chi connectivity index (χ3n) is 3.29. The van der Waals surface area contributed by atoms with Gasteiger partial charge in [0, 0.05) is 5.75 Å². The molecule has 0 fully saturated rings. The maximum Gasteiger partial charge on any atom is 0.460 e. The van der Waals surface area contributed by atoms with Crippen molar-refractivity contribution < 1.29 is 68.1 Å². The van der Waals surface area contributed by atoms with Crippen LogP contribution in [-0.2, 0) is 9.59 Å². The van der Waals surface area contributed by atoms with Crippen LogP contribution in [0.15, 0.2) is 11.0 Å². The number of carboxylic acids is 1. The summed E-state index contributed by atoms with van der Waals surface area (Å²) in [6, 6.07) is -1.94. The molecule has 182 valence electrons. The highest BCUT2D eigenvalue weighted by Crippen LogP contribution is 2.59. The second-order valence-corrected chi connectivity index (χ2v) is 6.64. The van der Waals surface area contributed by atoms with Crippen LogP contribution in [0.5, 0.6) is 0 Å². The van der Waals surface area contributed by atoms with E-state index in [0.717, 1.165) is 0 Å². The summed E-state index contributed by atoms with van der Waals surface area (Å²) in [4.78, 5) is 19.4. The fourth-order valence-electron chi connectivity index (χ4n) is 1.64. The number of amides is 1. The first kappa shape index (κ1) is 29.2. The molecule has 0 unspecified atom stereocenters. The van der Waals surface area contributed by atoms with Gasteiger partial charge in [0.25, 0.3) is 0 Å². The van der Waals surface area contributed by atoms with Crippen molar-refractivity contribution in [2.24, 2.45) is 5.73 Å². The molecule has 0 aromatic heterocycles. The van der Waals surface area contributed by atoms with Crippen molar-refractivity contribution >= 4 is 23.6 Å². The second kappa shape index (κ2) is 9.76. The summed E-state index contributed by atoms with van der Waals surface area (Å²) in [5.74, 6) is -33.0. The average molecular weight is 502 g/mol. The minimum Gasteiger partial charge on any atom is -0.480 e. The minimum absolute atomic E-state index is 0.289. The summed E-state index contributed by atoms with van der Waals surface area (Å²) < 4.78 is 144. The van der Waals surface area contributed by atoms with Crippen LogP contribution in [0.25, 0.3) is 0 Å². The van der Waals surface area contributed by atoms with Crippen LogP contribution in [0.3, 0.4) is 0 Å². The highest BCUT2D eigenvalue weighted by molar-refractivity contribution is 8.03. The number of carbonyl (C=O) groups is 2. The van der Waals surface area contributed by atoms with Gasteiger partial charge in [-0.2, -0.15) is 48.3 Å². The fraction of sp³-hybridized carbons (Fsp3) is 0.692. The second-order valence-electron chi connectivity index (χ2n) is 5.58. The van der Waals surface area contributed by atoms with Gasteiger partial charge in [-0.15, -0.1) is 11.8 Å². The lowest BCUT2D eigenvalue weighted by molar-refractivity contribution is -0.417. The zero-order valence-electron chi connectivity index (χ0n) is 14.6. The average Bonchev–Trinajstić information content (AvgIpc) is 2.60. The molecule has 18 heteroatoms. The summed E-state index contributed by atoms with van der Waals surface area (Å²) in [7, 11) is 0. The molecule has 0 aromatic rings. The molecule has 0 saturated heterocycles. The largest absolute Gasteiger partial charge is 0.480 e. The van der Waals surface area contributed by atoms with Gasteiger partial charge in [-0.1, -0.05) is 0 Å². The van der Waals surface area contributed by atoms with E-state index in [1.165, 1.54) is 0 Å². The van der Waals surface area contributed by atoms with Gasteiger partial charge in [-0.25, -0.2) is 0 Å². The molecule has 0 spiro atoms. The van der Waals surface area contributed by atoms with Gasteiger partial charge in [0.1, 0.15) is 6.54 Å². The zero-order chi connectivity index (χ0) is 25.1. The van der Waals surface area contributed by atoms with Crippen LogP contribution < -0.4 is 11.1 Å². The molecule has 6 nitrogen and oxygen atoms in total. The van der Waals surface area contributed by atoms with Crippen LogP contribution in [0.2, 0.25) is 0 Å². The number of aliphatic hydroxyl groups is 1. The highest BCUT2D eigenvalue weighted by atomic mass is 32.2. The lowest BCUT2D eigenvalue weighted by Crippen LogP contribution is -2.66. The Morgan fingerprint density at radius 1 is 0.935 bits per heavy atom. The molecule has 0 aliphatic heterocycles. The van der Waals surface area contributed by atoms with Gasteiger partial charge in [-0.05, 0) is 6.08 Å². The Morgan fingerprint density at radius 2 is 1.42 bits per heavy atom. The van der Waals surface area contributed by atoms with E-state index in [9.17, 15) is 57.9 Å². The van der Waals surface area contributed by atoms with Crippen molar-refractivity contribution in [1.82, 2.24) is 5.32 Å². The molecule has 5 N–H and O–H groups in total. The van der Waals surface area contributed by atoms with E-state index < -0.39 is 83.4 Å². The summed E-state index contributed by atoms with van der Waals surface area (Å²) in [5.41, 5.74) is 5.15. The van der Waals surface area contributed by atoms with E-state index in [0.29, 0.717) is 0 Å². The lowest BCUT2D eigenvalue weighted by Gasteiger charge is -2.38. The van der Waals surface area contributed by atoms with Gasteiger partial charge < -0.3 is 21.3 Å². The van der Waals surface area contributed by atoms with E-state index in [1.807, 2.05) is 0 Å². The minimum atomic E-state index is -7.64. The van der Waals surface area contributed by atoms with Crippen LogP contribution in [0.1, 0.15) is 0 Å². The van der Waals surface area contributed by atoms with Crippen LogP contribution in [0, 0.1) is 0 Å². The Balaban J connectivity index is 5.86. The highest BCUT2D eigenvalue weighted by Gasteiger charge is 2.87. The molecule has 0 aliphatic rings. The fourth-order valence-corrected chi connectivity index (χ4v) is 2.65. The monoisotopic (exact) mass is 502 g/mol. The third kappa shape index (κ3) is 5.91. The maximum atomic E-state index is 14.0. The topological polar surface area (TPSA) is 113 Å². The number of hydrogen-bond donors (Lipinski definition) is 4. The number of thioether (sulfide) groups is 1. The van der Waals surface area contributed by atoms with Gasteiger partial charge in [0.15, 0.2) is 0 Å². The van der Waals surface area contributed by atoms with Gasteiger partial charge in [0.05, 0.1) is 17.6 Å². The molecular weight excluding hydrogens is 489 g/mol. The van der Waals surface area contributed by atoms with Crippen molar-refractivity contribution in [1.29, 1.82) is 0 Å². The van der Waals surface area contributed by atoms with Gasteiger partial charge in [-0.3, -0.25) is 9.59 Å². The van der Waals surface area contributed by atoms with Crippen molar-refractivity contribution in [2.45, 2.75) is 35.9 Å². The van der Waals surface area contributed by atoms with Crippen LogP contribution >= 0.6 is 11.8 Å². The van der Waals surface area contributed by atoms with E-state index in [-0.39, 0.29) is 6.08 Å². The van der Waals surface area contributed by atoms with Crippen molar-refractivity contribution in [3.63, 3.8) is 0 Å². The predicted molar refractivity (Wildman–Crippen MR) is 82.1 cm³/mol.